The highest BCUT2D eigenvalue weighted by atomic mass is 32.2. The summed E-state index contributed by atoms with van der Waals surface area (Å²) in [5, 5.41) is 14.2. The average molecular weight is 389 g/mol. The Balaban J connectivity index is 2.43. The first-order chi connectivity index (χ1) is 12.9. The van der Waals surface area contributed by atoms with Gasteiger partial charge in [0, 0.05) is 7.11 Å². The van der Waals surface area contributed by atoms with Crippen LogP contribution in [0.4, 0.5) is 0 Å². The quantitative estimate of drug-likeness (QED) is 0.405. The molecular weight excluding hydrogens is 366 g/mol. The maximum Gasteiger partial charge on any atom is 0.358 e. The Bertz CT molecular complexity index is 876. The van der Waals surface area contributed by atoms with Crippen molar-refractivity contribution in [2.45, 2.75) is 17.9 Å². The van der Waals surface area contributed by atoms with Gasteiger partial charge in [0.25, 0.3) is 0 Å². The van der Waals surface area contributed by atoms with Gasteiger partial charge >= 0.3 is 10.1 Å². The molecule has 0 aromatic heterocycles. The molecule has 0 saturated carbocycles. The fourth-order valence-electron chi connectivity index (χ4n) is 2.46. The fraction of sp³-hybridized carbons (Fsp3) is 0.250. The van der Waals surface area contributed by atoms with Crippen LogP contribution in [0.15, 0.2) is 77.3 Å². The minimum atomic E-state index is -4.10. The highest BCUT2D eigenvalue weighted by Gasteiger charge is 2.26. The lowest BCUT2D eigenvalue weighted by atomic mass is 9.92. The predicted molar refractivity (Wildman–Crippen MR) is 104 cm³/mol. The third-order valence-corrected chi connectivity index (χ3v) is 5.08. The second kappa shape index (κ2) is 9.45. The minimum Gasteiger partial charge on any atom is -0.388 e. The van der Waals surface area contributed by atoms with Crippen LogP contribution in [0, 0.1) is 12.8 Å². The van der Waals surface area contributed by atoms with Crippen molar-refractivity contribution in [1.29, 1.82) is 0 Å². The Labute approximate surface area is 159 Å². The van der Waals surface area contributed by atoms with E-state index < -0.39 is 22.1 Å². The number of oxime groups is 1. The number of aliphatic hydroxyl groups excluding tert-OH is 1. The van der Waals surface area contributed by atoms with Crippen LogP contribution >= 0.6 is 0 Å². The second-order valence-electron chi connectivity index (χ2n) is 5.97. The molecule has 6 nitrogen and oxygen atoms in total. The molecule has 0 aliphatic heterocycles. The summed E-state index contributed by atoms with van der Waals surface area (Å²) in [5.74, 6) is -0.650. The van der Waals surface area contributed by atoms with Crippen LogP contribution in [0.2, 0.25) is 0 Å². The zero-order valence-electron chi connectivity index (χ0n) is 15.3. The van der Waals surface area contributed by atoms with Crippen molar-refractivity contribution in [1.82, 2.24) is 0 Å². The fourth-order valence-corrected chi connectivity index (χ4v) is 3.20. The molecule has 144 valence electrons. The Kier molecular flexibility index (Phi) is 7.29. The number of nitrogens with zero attached hydrogens (tertiary/aromatic N) is 1. The summed E-state index contributed by atoms with van der Waals surface area (Å²) in [6, 6.07) is 15.1. The van der Waals surface area contributed by atoms with E-state index in [-0.39, 0.29) is 17.2 Å². The average Bonchev–Trinajstić information content (AvgIpc) is 2.68. The van der Waals surface area contributed by atoms with Crippen molar-refractivity contribution in [3.63, 3.8) is 0 Å². The first kappa shape index (κ1) is 20.8. The lowest BCUT2D eigenvalue weighted by molar-refractivity contribution is 0.105. The summed E-state index contributed by atoms with van der Waals surface area (Å²) in [5.41, 5.74) is 1.79. The zero-order valence-corrected chi connectivity index (χ0v) is 16.1. The van der Waals surface area contributed by atoms with E-state index in [2.05, 4.69) is 11.7 Å². The number of aryl methyl sites for hydroxylation is 1. The van der Waals surface area contributed by atoms with Crippen LogP contribution in [-0.2, 0) is 19.1 Å². The molecule has 1 N–H and O–H groups in total. The van der Waals surface area contributed by atoms with Crippen molar-refractivity contribution < 1.29 is 22.5 Å². The predicted octanol–water partition coefficient (Wildman–Crippen LogP) is 2.91. The number of aliphatic hydroxyl groups is 1. The molecule has 7 heteroatoms. The Morgan fingerprint density at radius 3 is 2.37 bits per heavy atom. The van der Waals surface area contributed by atoms with Crippen LogP contribution in [0.1, 0.15) is 11.1 Å². The van der Waals surface area contributed by atoms with E-state index in [9.17, 15) is 13.5 Å². The molecule has 27 heavy (non-hydrogen) atoms. The first-order valence-electron chi connectivity index (χ1n) is 8.32. The summed E-state index contributed by atoms with van der Waals surface area (Å²) in [4.78, 5) is -0.00294. The van der Waals surface area contributed by atoms with E-state index >= 15 is 0 Å². The molecule has 0 fully saturated rings. The molecule has 0 spiro atoms. The number of hydrogen-bond acceptors (Lipinski definition) is 6. The normalized spacial score (nSPS) is 14.4. The molecule has 2 rings (SSSR count). The van der Waals surface area contributed by atoms with Crippen LogP contribution < -0.4 is 0 Å². The minimum absolute atomic E-state index is 0.00294. The largest absolute Gasteiger partial charge is 0.388 e. The molecule has 0 aliphatic rings. The van der Waals surface area contributed by atoms with E-state index in [1.54, 1.807) is 36.4 Å². The van der Waals surface area contributed by atoms with Crippen molar-refractivity contribution in [2.75, 3.05) is 13.7 Å². The van der Waals surface area contributed by atoms with Crippen LogP contribution in [0.5, 0.6) is 0 Å². The maximum atomic E-state index is 12.5. The summed E-state index contributed by atoms with van der Waals surface area (Å²) in [6.07, 6.45) is 0.353. The van der Waals surface area contributed by atoms with E-state index in [0.29, 0.717) is 5.56 Å². The lowest BCUT2D eigenvalue weighted by Crippen LogP contribution is -2.32. The van der Waals surface area contributed by atoms with E-state index in [1.807, 2.05) is 13.0 Å². The smallest absolute Gasteiger partial charge is 0.358 e. The van der Waals surface area contributed by atoms with Gasteiger partial charge in [-0.25, -0.2) is 0 Å². The monoisotopic (exact) mass is 389 g/mol. The Morgan fingerprint density at radius 2 is 1.81 bits per heavy atom. The van der Waals surface area contributed by atoms with Gasteiger partial charge in [-0.15, -0.1) is 6.58 Å². The number of benzene rings is 2. The molecule has 2 aromatic rings. The number of methoxy groups -OCH3 is 1. The molecule has 2 unspecified atom stereocenters. The summed E-state index contributed by atoms with van der Waals surface area (Å²) < 4.78 is 35.0. The van der Waals surface area contributed by atoms with Gasteiger partial charge in [-0.1, -0.05) is 59.3 Å². The number of rotatable bonds is 9. The molecular formula is C20H23NO5S. The molecule has 0 radical (unpaired) electrons. The van der Waals surface area contributed by atoms with Crippen LogP contribution in [0.3, 0.4) is 0 Å². The van der Waals surface area contributed by atoms with Gasteiger partial charge in [0.05, 0.1) is 24.3 Å². The topological polar surface area (TPSA) is 85.2 Å². The summed E-state index contributed by atoms with van der Waals surface area (Å²) in [6.45, 7) is 5.55. The number of hydrogen-bond donors (Lipinski definition) is 1. The zero-order chi connectivity index (χ0) is 19.9. The maximum absolute atomic E-state index is 12.5. The SMILES string of the molecule is C=CC(O)C(COC)C(=NOS(=O)(=O)c1ccc(C)cc1)c1ccccc1. The van der Waals surface area contributed by atoms with Gasteiger partial charge in [-0.2, -0.15) is 8.42 Å². The lowest BCUT2D eigenvalue weighted by Gasteiger charge is -2.21. The van der Waals surface area contributed by atoms with E-state index in [0.717, 1.165) is 5.56 Å². The molecule has 0 aliphatic carbocycles. The van der Waals surface area contributed by atoms with Crippen molar-refractivity contribution in [3.8, 4) is 0 Å². The highest BCUT2D eigenvalue weighted by Crippen LogP contribution is 2.19. The first-order valence-corrected chi connectivity index (χ1v) is 9.73. The molecule has 0 amide bonds. The van der Waals surface area contributed by atoms with Gasteiger partial charge in [-0.05, 0) is 24.6 Å². The van der Waals surface area contributed by atoms with Gasteiger partial charge in [0.1, 0.15) is 4.90 Å². The van der Waals surface area contributed by atoms with Gasteiger partial charge in [-0.3, -0.25) is 4.28 Å². The third kappa shape index (κ3) is 5.50. The standard InChI is InChI=1S/C20H23NO5S/c1-4-19(22)18(14-25-3)20(16-8-6-5-7-9-16)21-26-27(23,24)17-12-10-15(2)11-13-17/h4-13,18-19,22H,1,14H2,2-3H3. The number of ether oxygens (including phenoxy) is 1. The Morgan fingerprint density at radius 1 is 1.19 bits per heavy atom. The van der Waals surface area contributed by atoms with Crippen molar-refractivity contribution in [3.05, 3.63) is 78.4 Å². The van der Waals surface area contributed by atoms with Crippen molar-refractivity contribution in [2.24, 2.45) is 11.1 Å². The summed E-state index contributed by atoms with van der Waals surface area (Å²) in [7, 11) is -2.62. The van der Waals surface area contributed by atoms with Gasteiger partial charge in [0.2, 0.25) is 0 Å². The highest BCUT2D eigenvalue weighted by molar-refractivity contribution is 7.86. The van der Waals surface area contributed by atoms with Gasteiger partial charge < -0.3 is 9.84 Å². The molecule has 2 aromatic carbocycles. The second-order valence-corrected chi connectivity index (χ2v) is 7.50. The Hall–Kier alpha value is -2.48. The van der Waals surface area contributed by atoms with Crippen molar-refractivity contribution >= 4 is 15.8 Å². The molecule has 0 bridgehead atoms. The van der Waals surface area contributed by atoms with E-state index in [1.165, 1.54) is 25.3 Å². The molecule has 0 heterocycles. The van der Waals surface area contributed by atoms with Crippen LogP contribution in [0.25, 0.3) is 0 Å². The molecule has 0 saturated heterocycles. The van der Waals surface area contributed by atoms with Gasteiger partial charge in [0.15, 0.2) is 0 Å². The molecule has 2 atom stereocenters. The third-order valence-electron chi connectivity index (χ3n) is 3.96. The van der Waals surface area contributed by atoms with Crippen LogP contribution in [-0.4, -0.2) is 39.1 Å². The summed E-state index contributed by atoms with van der Waals surface area (Å²) >= 11 is 0. The van der Waals surface area contributed by atoms with E-state index in [4.69, 9.17) is 9.02 Å².